The van der Waals surface area contributed by atoms with Crippen LogP contribution < -0.4 is 5.32 Å². The lowest BCUT2D eigenvalue weighted by Gasteiger charge is -2.20. The van der Waals surface area contributed by atoms with Crippen LogP contribution in [0.5, 0.6) is 0 Å². The average molecular weight is 349 g/mol. The molecule has 6 nitrogen and oxygen atoms in total. The molecule has 0 radical (unpaired) electrons. The van der Waals surface area contributed by atoms with E-state index in [1.54, 1.807) is 11.3 Å². The first kappa shape index (κ1) is 15.2. The maximum Gasteiger partial charge on any atom is 0.286 e. The Morgan fingerprint density at radius 2 is 1.61 bits per heavy atom. The van der Waals surface area contributed by atoms with Crippen molar-refractivity contribution in [1.82, 2.24) is 19.8 Å². The van der Waals surface area contributed by atoms with Gasteiger partial charge in [0.25, 0.3) is 5.91 Å². The fourth-order valence-electron chi connectivity index (χ4n) is 2.95. The Bertz CT molecular complexity index is 753. The number of rotatable bonds is 2. The van der Waals surface area contributed by atoms with E-state index in [-0.39, 0.29) is 5.91 Å². The van der Waals surface area contributed by atoms with E-state index >= 15 is 0 Å². The number of carbonyl (C=O) groups excluding carboxylic acids is 1. The van der Waals surface area contributed by atoms with Gasteiger partial charge in [-0.05, 0) is 14.1 Å². The van der Waals surface area contributed by atoms with Gasteiger partial charge < -0.3 is 9.80 Å². The number of nitrogens with one attached hydrogen (secondary N) is 1. The first-order chi connectivity index (χ1) is 11.1. The van der Waals surface area contributed by atoms with Crippen molar-refractivity contribution in [2.24, 2.45) is 0 Å². The van der Waals surface area contributed by atoms with Crippen LogP contribution in [0, 0.1) is 0 Å². The lowest BCUT2D eigenvalue weighted by molar-refractivity contribution is 0.102. The van der Waals surface area contributed by atoms with Crippen molar-refractivity contribution in [1.29, 1.82) is 0 Å². The average Bonchev–Trinajstić information content (AvgIpc) is 3.09. The summed E-state index contributed by atoms with van der Waals surface area (Å²) in [5.74, 6) is -0.133. The van der Waals surface area contributed by atoms with E-state index in [2.05, 4.69) is 39.2 Å². The summed E-state index contributed by atoms with van der Waals surface area (Å²) < 4.78 is 0. The van der Waals surface area contributed by atoms with E-state index in [1.807, 2.05) is 0 Å². The molecule has 23 heavy (non-hydrogen) atoms. The monoisotopic (exact) mass is 349 g/mol. The summed E-state index contributed by atoms with van der Waals surface area (Å²) in [5.41, 5.74) is 2.21. The van der Waals surface area contributed by atoms with Crippen LogP contribution in [-0.2, 0) is 25.9 Å². The number of nitrogens with zero attached hydrogens (tertiary/aromatic N) is 4. The number of carbonyl (C=O) groups is 1. The summed E-state index contributed by atoms with van der Waals surface area (Å²) in [6, 6.07) is 0. The molecule has 0 bridgehead atoms. The molecule has 0 saturated heterocycles. The van der Waals surface area contributed by atoms with Crippen molar-refractivity contribution in [2.45, 2.75) is 25.9 Å². The summed E-state index contributed by atoms with van der Waals surface area (Å²) in [5, 5.41) is 4.18. The van der Waals surface area contributed by atoms with Gasteiger partial charge in [-0.1, -0.05) is 0 Å². The first-order valence-electron chi connectivity index (χ1n) is 7.74. The number of aromatic nitrogens is 2. The first-order valence-corrected chi connectivity index (χ1v) is 9.37. The van der Waals surface area contributed by atoms with Gasteiger partial charge in [0.05, 0.1) is 11.4 Å². The molecular weight excluding hydrogens is 330 g/mol. The molecular formula is C15H19N5OS2. The molecule has 0 spiro atoms. The lowest BCUT2D eigenvalue weighted by atomic mass is 10.2. The fraction of sp³-hybridized carbons (Fsp3) is 0.533. The van der Waals surface area contributed by atoms with Crippen molar-refractivity contribution in [3.05, 3.63) is 26.1 Å². The second-order valence-electron chi connectivity index (χ2n) is 6.21. The third-order valence-electron chi connectivity index (χ3n) is 4.26. The molecule has 0 aliphatic carbocycles. The molecule has 4 heterocycles. The van der Waals surface area contributed by atoms with Crippen molar-refractivity contribution >= 4 is 33.7 Å². The van der Waals surface area contributed by atoms with E-state index in [0.29, 0.717) is 10.1 Å². The van der Waals surface area contributed by atoms with Gasteiger partial charge in [0, 0.05) is 48.8 Å². The van der Waals surface area contributed by atoms with Crippen molar-refractivity contribution < 1.29 is 4.79 Å². The molecule has 2 aromatic rings. The summed E-state index contributed by atoms with van der Waals surface area (Å²) >= 11 is 3.09. The van der Waals surface area contributed by atoms with Gasteiger partial charge >= 0.3 is 0 Å². The molecule has 2 aromatic heterocycles. The van der Waals surface area contributed by atoms with Crippen molar-refractivity contribution in [3.8, 4) is 0 Å². The second kappa shape index (κ2) is 5.94. The predicted octanol–water partition coefficient (Wildman–Crippen LogP) is 1.83. The summed E-state index contributed by atoms with van der Waals surface area (Å²) in [6.07, 6.45) is 1.88. The van der Waals surface area contributed by atoms with Crippen molar-refractivity contribution in [2.75, 3.05) is 32.5 Å². The highest BCUT2D eigenvalue weighted by molar-refractivity contribution is 7.16. The molecule has 4 rings (SSSR count). The fourth-order valence-corrected chi connectivity index (χ4v) is 5.11. The number of fused-ring (bicyclic) bond motifs is 2. The molecule has 0 fully saturated rings. The van der Waals surface area contributed by atoms with Crippen LogP contribution in [0.25, 0.3) is 0 Å². The minimum atomic E-state index is -0.133. The van der Waals surface area contributed by atoms with Crippen LogP contribution in [0.2, 0.25) is 0 Å². The zero-order chi connectivity index (χ0) is 16.0. The molecule has 2 aliphatic rings. The molecule has 0 atom stereocenters. The molecule has 1 N–H and O–H groups in total. The summed E-state index contributed by atoms with van der Waals surface area (Å²) in [6.45, 7) is 3.83. The number of thiazole rings is 2. The third-order valence-corrected chi connectivity index (χ3v) is 6.34. The highest BCUT2D eigenvalue weighted by Crippen LogP contribution is 2.29. The maximum absolute atomic E-state index is 12.5. The highest BCUT2D eigenvalue weighted by atomic mass is 32.1. The molecule has 122 valence electrons. The smallest absolute Gasteiger partial charge is 0.286 e. The van der Waals surface area contributed by atoms with Crippen LogP contribution in [0.1, 0.15) is 30.9 Å². The minimum absolute atomic E-state index is 0.133. The lowest BCUT2D eigenvalue weighted by Crippen LogP contribution is -2.25. The number of anilines is 1. The van der Waals surface area contributed by atoms with E-state index in [1.165, 1.54) is 21.1 Å². The Labute approximate surface area is 143 Å². The largest absolute Gasteiger partial charge is 0.301 e. The molecule has 2 aliphatic heterocycles. The van der Waals surface area contributed by atoms with Gasteiger partial charge in [-0.15, -0.1) is 22.7 Å². The summed E-state index contributed by atoms with van der Waals surface area (Å²) in [4.78, 5) is 28.6. The zero-order valence-electron chi connectivity index (χ0n) is 13.3. The Morgan fingerprint density at radius 3 is 2.30 bits per heavy atom. The minimum Gasteiger partial charge on any atom is -0.301 e. The normalized spacial score (nSPS) is 18.5. The Hall–Kier alpha value is -1.35. The molecule has 1 amide bonds. The van der Waals surface area contributed by atoms with Gasteiger partial charge in [0.15, 0.2) is 10.1 Å². The quantitative estimate of drug-likeness (QED) is 0.896. The van der Waals surface area contributed by atoms with Crippen LogP contribution in [0.4, 0.5) is 5.13 Å². The topological polar surface area (TPSA) is 61.4 Å². The highest BCUT2D eigenvalue weighted by Gasteiger charge is 2.23. The zero-order valence-corrected chi connectivity index (χ0v) is 14.9. The van der Waals surface area contributed by atoms with Gasteiger partial charge in [-0.25, -0.2) is 9.97 Å². The van der Waals surface area contributed by atoms with Gasteiger partial charge in [-0.2, -0.15) is 0 Å². The van der Waals surface area contributed by atoms with Gasteiger partial charge in [0.1, 0.15) is 0 Å². The van der Waals surface area contributed by atoms with E-state index in [4.69, 9.17) is 0 Å². The molecule has 0 saturated carbocycles. The number of amides is 1. The predicted molar refractivity (Wildman–Crippen MR) is 92.3 cm³/mol. The molecule has 8 heteroatoms. The Morgan fingerprint density at radius 1 is 1.00 bits per heavy atom. The Balaban J connectivity index is 1.50. The van der Waals surface area contributed by atoms with Gasteiger partial charge in [-0.3, -0.25) is 10.1 Å². The van der Waals surface area contributed by atoms with E-state index in [9.17, 15) is 4.79 Å². The number of hydrogen-bond acceptors (Lipinski definition) is 7. The number of hydrogen-bond donors (Lipinski definition) is 1. The van der Waals surface area contributed by atoms with E-state index in [0.717, 1.165) is 50.4 Å². The number of likely N-dealkylation sites (N-methyl/N-ethyl adjacent to an activating group) is 2. The van der Waals surface area contributed by atoms with Crippen molar-refractivity contribution in [3.63, 3.8) is 0 Å². The Kier molecular flexibility index (Phi) is 3.92. The van der Waals surface area contributed by atoms with Crippen LogP contribution in [-0.4, -0.2) is 52.9 Å². The van der Waals surface area contributed by atoms with E-state index < -0.39 is 0 Å². The van der Waals surface area contributed by atoms with Crippen LogP contribution >= 0.6 is 22.7 Å². The maximum atomic E-state index is 12.5. The standard InChI is InChI=1S/C15H19N5OS2/c1-19-5-3-9-11(7-19)22-14(16-9)13(21)18-15-17-10-4-6-20(2)8-12(10)23-15/h3-8H2,1-2H3,(H,17,18,21). The second-order valence-corrected chi connectivity index (χ2v) is 8.37. The van der Waals surface area contributed by atoms with Crippen LogP contribution in [0.15, 0.2) is 0 Å². The van der Waals surface area contributed by atoms with Gasteiger partial charge in [0.2, 0.25) is 0 Å². The third kappa shape index (κ3) is 3.03. The SMILES string of the molecule is CN1CCc2nc(NC(=O)c3nc4c(s3)CN(C)CC4)sc2C1. The molecule has 0 unspecified atom stereocenters. The van der Waals surface area contributed by atoms with Crippen LogP contribution in [0.3, 0.4) is 0 Å². The summed E-state index contributed by atoms with van der Waals surface area (Å²) in [7, 11) is 4.21. The molecule has 0 aromatic carbocycles.